The van der Waals surface area contributed by atoms with E-state index in [0.29, 0.717) is 50.3 Å². The van der Waals surface area contributed by atoms with Crippen molar-refractivity contribution in [3.8, 4) is 0 Å². The van der Waals surface area contributed by atoms with Gasteiger partial charge in [-0.1, -0.05) is 23.2 Å². The number of piperazine rings is 1. The number of carbonyl (C=O) groups is 1. The molecule has 1 atom stereocenters. The van der Waals surface area contributed by atoms with Crippen LogP contribution in [0.5, 0.6) is 0 Å². The molecule has 1 amide bonds. The number of benzene rings is 2. The van der Waals surface area contributed by atoms with Crippen LogP contribution in [0.25, 0.3) is 21.9 Å². The standard InChI is InChI=1S/C29H30Cl2N8O2/c1-37-8-10-38(11-9-37)19(16-40)13-26(28-34-23-5-4-18(30)12-25(23)35-28)36-27-21-14-22(31)20(15-24(21)32-17-33-27)29(41)39-6-2-3-7-39/h4-5,12,14-15,17,26H,2-3,6-11,13H2,1H3,(H,34,35)(H,32,33,36). The molecule has 0 saturated carbocycles. The van der Waals surface area contributed by atoms with E-state index < -0.39 is 6.04 Å². The average Bonchev–Trinajstić information content (AvgIpc) is 3.66. The molecule has 0 aliphatic carbocycles. The van der Waals surface area contributed by atoms with E-state index in [2.05, 4.69) is 43.1 Å². The number of anilines is 1. The number of rotatable bonds is 7. The topological polar surface area (TPSA) is 110 Å². The number of imidazole rings is 1. The number of fused-ring (bicyclic) bond motifs is 2. The Morgan fingerprint density at radius 2 is 1.80 bits per heavy atom. The summed E-state index contributed by atoms with van der Waals surface area (Å²) in [5, 5.41) is 5.08. The van der Waals surface area contributed by atoms with Crippen LogP contribution in [0.4, 0.5) is 5.82 Å². The van der Waals surface area contributed by atoms with Crippen molar-refractivity contribution in [2.45, 2.75) is 25.3 Å². The van der Waals surface area contributed by atoms with Crippen LogP contribution in [0.1, 0.15) is 41.5 Å². The Balaban J connectivity index is 1.36. The fraction of sp³-hybridized carbons (Fsp3) is 0.379. The number of hydrogen-bond donors (Lipinski definition) is 2. The highest BCUT2D eigenvalue weighted by molar-refractivity contribution is 6.35. The summed E-state index contributed by atoms with van der Waals surface area (Å²) in [5.74, 6) is 3.24. The third-order valence-corrected chi connectivity index (χ3v) is 8.40. The van der Waals surface area contributed by atoms with Gasteiger partial charge in [-0.2, -0.15) is 0 Å². The number of halogens is 2. The first kappa shape index (κ1) is 27.5. The van der Waals surface area contributed by atoms with E-state index in [9.17, 15) is 9.59 Å². The first-order valence-electron chi connectivity index (χ1n) is 13.7. The molecule has 41 heavy (non-hydrogen) atoms. The van der Waals surface area contributed by atoms with E-state index in [1.807, 2.05) is 11.0 Å². The van der Waals surface area contributed by atoms with Gasteiger partial charge in [-0.15, -0.1) is 0 Å². The zero-order chi connectivity index (χ0) is 28.5. The number of carbonyl (C=O) groups excluding carboxylic acids is 2. The van der Waals surface area contributed by atoms with Crippen molar-refractivity contribution in [1.82, 2.24) is 34.6 Å². The predicted molar refractivity (Wildman–Crippen MR) is 160 cm³/mol. The van der Waals surface area contributed by atoms with Gasteiger partial charge in [0.1, 0.15) is 29.6 Å². The summed E-state index contributed by atoms with van der Waals surface area (Å²) in [6.45, 7) is 4.66. The average molecular weight is 594 g/mol. The van der Waals surface area contributed by atoms with Crippen molar-refractivity contribution in [1.29, 1.82) is 0 Å². The summed E-state index contributed by atoms with van der Waals surface area (Å²) in [6.07, 6.45) is 3.77. The minimum Gasteiger partial charge on any atom is -0.363 e. The summed E-state index contributed by atoms with van der Waals surface area (Å²) < 4.78 is 0. The Morgan fingerprint density at radius 1 is 1.02 bits per heavy atom. The van der Waals surface area contributed by atoms with Gasteiger partial charge in [0.25, 0.3) is 5.91 Å². The molecule has 1 unspecified atom stereocenters. The molecule has 2 aromatic carbocycles. The molecule has 2 N–H and O–H groups in total. The summed E-state index contributed by atoms with van der Waals surface area (Å²) >= 11 is 12.9. The summed E-state index contributed by atoms with van der Waals surface area (Å²) in [5.41, 5.74) is 3.13. The van der Waals surface area contributed by atoms with Gasteiger partial charge < -0.3 is 25.0 Å². The van der Waals surface area contributed by atoms with E-state index in [1.165, 1.54) is 6.33 Å². The van der Waals surface area contributed by atoms with Crippen molar-refractivity contribution in [3.05, 3.63) is 63.8 Å². The van der Waals surface area contributed by atoms with E-state index in [-0.39, 0.29) is 5.91 Å². The lowest BCUT2D eigenvalue weighted by molar-refractivity contribution is 0.0793. The van der Waals surface area contributed by atoms with Crippen LogP contribution in [0.2, 0.25) is 10.0 Å². The zero-order valence-electron chi connectivity index (χ0n) is 22.7. The normalized spacial score (nSPS) is 16.8. The number of likely N-dealkylation sites (N-methyl/N-ethyl adjacent to an activating group) is 1. The quantitative estimate of drug-likeness (QED) is 0.301. The first-order valence-corrected chi connectivity index (χ1v) is 14.5. The number of hydrogen-bond acceptors (Lipinski definition) is 8. The molecule has 2 aliphatic rings. The van der Waals surface area contributed by atoms with E-state index in [4.69, 9.17) is 28.2 Å². The lowest BCUT2D eigenvalue weighted by atomic mass is 10.1. The zero-order valence-corrected chi connectivity index (χ0v) is 24.2. The highest BCUT2D eigenvalue weighted by atomic mass is 35.5. The maximum atomic E-state index is 13.1. The van der Waals surface area contributed by atoms with Crippen LogP contribution in [-0.2, 0) is 4.79 Å². The van der Waals surface area contributed by atoms with Crippen molar-refractivity contribution >= 4 is 62.8 Å². The molecule has 0 bridgehead atoms. The number of likely N-dealkylation sites (tertiary alicyclic amines) is 1. The molecular formula is C29H30Cl2N8O2. The number of nitrogens with one attached hydrogen (secondary N) is 2. The van der Waals surface area contributed by atoms with E-state index in [0.717, 1.165) is 63.1 Å². The minimum absolute atomic E-state index is 0.0886. The Bertz CT molecular complexity index is 1650. The molecule has 4 aromatic rings. The van der Waals surface area contributed by atoms with Crippen molar-refractivity contribution in [2.24, 2.45) is 0 Å². The molecule has 2 aliphatic heterocycles. The second kappa shape index (κ2) is 11.7. The van der Waals surface area contributed by atoms with E-state index in [1.54, 1.807) is 24.3 Å². The SMILES string of the molecule is CN1CCN(C(=C=O)CC(Nc2ncnc3cc(C(=O)N4CCCC4)c(Cl)cc23)c2nc3cc(Cl)ccc3[nH]2)CC1. The molecule has 0 radical (unpaired) electrons. The molecule has 212 valence electrons. The van der Waals surface area contributed by atoms with Gasteiger partial charge in [-0.25, -0.2) is 19.7 Å². The highest BCUT2D eigenvalue weighted by Crippen LogP contribution is 2.32. The molecule has 12 heteroatoms. The first-order chi connectivity index (χ1) is 19.9. The van der Waals surface area contributed by atoms with Gasteiger partial charge in [0.2, 0.25) is 0 Å². The molecule has 2 saturated heterocycles. The van der Waals surface area contributed by atoms with Crippen molar-refractivity contribution in [2.75, 3.05) is 51.6 Å². The van der Waals surface area contributed by atoms with Crippen LogP contribution >= 0.6 is 23.2 Å². The number of H-pyrrole nitrogens is 1. The Labute approximate surface area is 247 Å². The number of nitrogens with zero attached hydrogens (tertiary/aromatic N) is 6. The molecule has 6 rings (SSSR count). The lowest BCUT2D eigenvalue weighted by Gasteiger charge is -2.35. The number of amides is 1. The van der Waals surface area contributed by atoms with Crippen molar-refractivity contribution < 1.29 is 9.59 Å². The second-order valence-electron chi connectivity index (χ2n) is 10.6. The van der Waals surface area contributed by atoms with Crippen LogP contribution in [0.15, 0.2) is 42.4 Å². The Hall–Kier alpha value is -3.69. The van der Waals surface area contributed by atoms with Gasteiger partial charge in [0, 0.05) is 56.1 Å². The maximum Gasteiger partial charge on any atom is 0.255 e. The van der Waals surface area contributed by atoms with Gasteiger partial charge >= 0.3 is 0 Å². The van der Waals surface area contributed by atoms with Crippen LogP contribution in [0.3, 0.4) is 0 Å². The minimum atomic E-state index is -0.458. The Kier molecular flexibility index (Phi) is 7.81. The van der Waals surface area contributed by atoms with Gasteiger partial charge in [-0.3, -0.25) is 4.79 Å². The second-order valence-corrected chi connectivity index (χ2v) is 11.4. The molecule has 10 nitrogen and oxygen atoms in total. The highest BCUT2D eigenvalue weighted by Gasteiger charge is 2.26. The van der Waals surface area contributed by atoms with Gasteiger partial charge in [0.15, 0.2) is 0 Å². The third kappa shape index (κ3) is 5.74. The van der Waals surface area contributed by atoms with Crippen LogP contribution in [0, 0.1) is 0 Å². The molecular weight excluding hydrogens is 563 g/mol. The summed E-state index contributed by atoms with van der Waals surface area (Å²) in [6, 6.07) is 8.47. The fourth-order valence-corrected chi connectivity index (χ4v) is 5.91. The summed E-state index contributed by atoms with van der Waals surface area (Å²) in [4.78, 5) is 48.6. The third-order valence-electron chi connectivity index (χ3n) is 7.85. The van der Waals surface area contributed by atoms with Gasteiger partial charge in [0.05, 0.1) is 33.2 Å². The largest absolute Gasteiger partial charge is 0.363 e. The monoisotopic (exact) mass is 592 g/mol. The van der Waals surface area contributed by atoms with Gasteiger partial charge in [-0.05, 0) is 50.2 Å². The van der Waals surface area contributed by atoms with Crippen LogP contribution < -0.4 is 5.32 Å². The smallest absolute Gasteiger partial charge is 0.255 e. The maximum absolute atomic E-state index is 13.1. The lowest BCUT2D eigenvalue weighted by Crippen LogP contribution is -2.44. The van der Waals surface area contributed by atoms with Crippen molar-refractivity contribution in [3.63, 3.8) is 0 Å². The number of aromatic amines is 1. The number of aromatic nitrogens is 4. The van der Waals surface area contributed by atoms with Crippen LogP contribution in [-0.4, -0.2) is 92.8 Å². The predicted octanol–water partition coefficient (Wildman–Crippen LogP) is 4.56. The molecule has 2 aromatic heterocycles. The molecule has 4 heterocycles. The molecule has 0 spiro atoms. The van der Waals surface area contributed by atoms with E-state index >= 15 is 0 Å². The summed E-state index contributed by atoms with van der Waals surface area (Å²) in [7, 11) is 2.07. The fourth-order valence-electron chi connectivity index (χ4n) is 5.50. The molecule has 2 fully saturated rings. The Morgan fingerprint density at radius 3 is 2.56 bits per heavy atom.